The van der Waals surface area contributed by atoms with E-state index in [0.29, 0.717) is 12.8 Å². The van der Waals surface area contributed by atoms with E-state index in [4.69, 9.17) is 5.73 Å². The largest absolute Gasteiger partial charge is 0.480 e. The highest BCUT2D eigenvalue weighted by Gasteiger charge is 2.33. The molecule has 0 radical (unpaired) electrons. The van der Waals surface area contributed by atoms with Crippen LogP contribution in [0.25, 0.3) is 0 Å². The van der Waals surface area contributed by atoms with Gasteiger partial charge in [-0.15, -0.1) is 0 Å². The molecule has 7 N–H and O–H groups in total. The van der Waals surface area contributed by atoms with Crippen LogP contribution < -0.4 is 21.7 Å². The van der Waals surface area contributed by atoms with E-state index < -0.39 is 54.0 Å². The second-order valence-corrected chi connectivity index (χ2v) is 9.28. The van der Waals surface area contributed by atoms with E-state index in [1.165, 1.54) is 6.92 Å². The van der Waals surface area contributed by atoms with E-state index in [-0.39, 0.29) is 11.8 Å². The van der Waals surface area contributed by atoms with E-state index in [1.807, 2.05) is 44.2 Å². The molecule has 190 valence electrons. The van der Waals surface area contributed by atoms with Gasteiger partial charge in [0, 0.05) is 0 Å². The number of benzene rings is 1. The first-order valence-electron chi connectivity index (χ1n) is 11.4. The van der Waals surface area contributed by atoms with Crippen LogP contribution in [-0.4, -0.2) is 64.2 Å². The molecule has 0 aliphatic carbocycles. The molecule has 0 saturated heterocycles. The molecule has 3 amide bonds. The van der Waals surface area contributed by atoms with Gasteiger partial charge in [-0.3, -0.25) is 14.4 Å². The lowest BCUT2D eigenvalue weighted by Crippen LogP contribution is -2.59. The molecule has 0 aliphatic rings. The molecule has 10 nitrogen and oxygen atoms in total. The number of rotatable bonds is 13. The van der Waals surface area contributed by atoms with Crippen LogP contribution in [0.5, 0.6) is 0 Å². The maximum Gasteiger partial charge on any atom is 0.328 e. The van der Waals surface area contributed by atoms with Crippen molar-refractivity contribution in [3.05, 3.63) is 35.9 Å². The third-order valence-corrected chi connectivity index (χ3v) is 5.27. The normalized spacial score (nSPS) is 15.7. The van der Waals surface area contributed by atoms with Crippen LogP contribution in [0.3, 0.4) is 0 Å². The third kappa shape index (κ3) is 9.48. The van der Waals surface area contributed by atoms with Crippen molar-refractivity contribution in [2.45, 2.75) is 77.7 Å². The zero-order valence-corrected chi connectivity index (χ0v) is 20.4. The Bertz CT molecular complexity index is 828. The molecule has 0 saturated carbocycles. The number of nitrogens with two attached hydrogens (primary N) is 1. The minimum atomic E-state index is -1.52. The zero-order chi connectivity index (χ0) is 26.0. The fraction of sp³-hybridized carbons (Fsp3) is 0.583. The Morgan fingerprint density at radius 3 is 1.88 bits per heavy atom. The minimum Gasteiger partial charge on any atom is -0.480 e. The van der Waals surface area contributed by atoms with Crippen LogP contribution in [0.1, 0.15) is 46.6 Å². The Morgan fingerprint density at radius 2 is 1.41 bits per heavy atom. The highest BCUT2D eigenvalue weighted by atomic mass is 16.4. The summed E-state index contributed by atoms with van der Waals surface area (Å²) in [6.07, 6.45) is -0.715. The van der Waals surface area contributed by atoms with Crippen molar-refractivity contribution in [2.75, 3.05) is 0 Å². The molecule has 0 bridgehead atoms. The number of aliphatic hydroxyl groups excluding tert-OH is 1. The van der Waals surface area contributed by atoms with Gasteiger partial charge in [0.15, 0.2) is 6.04 Å². The fourth-order valence-corrected chi connectivity index (χ4v) is 3.36. The molecule has 0 fully saturated rings. The van der Waals surface area contributed by atoms with Gasteiger partial charge in [-0.1, -0.05) is 58.0 Å². The number of hydrogen-bond donors (Lipinski definition) is 6. The lowest BCUT2D eigenvalue weighted by Gasteiger charge is -2.28. The number of aliphatic carboxylic acids is 1. The first-order chi connectivity index (χ1) is 15.8. The summed E-state index contributed by atoms with van der Waals surface area (Å²) < 4.78 is 0. The standard InChI is InChI=1S/C24H38N4O6/c1-13(2)11-18(26-21(30)17(25)12-16-9-7-6-8-10-16)22(31)27-19(14(3)4)23(32)28-20(15(5)29)24(33)34/h6-10,13-15,17-20,29H,11-12,25H2,1-5H3,(H,26,30)(H,27,31)(H,28,32)(H,33,34). The Morgan fingerprint density at radius 1 is 0.853 bits per heavy atom. The maximum absolute atomic E-state index is 13.1. The van der Waals surface area contributed by atoms with Gasteiger partial charge >= 0.3 is 5.97 Å². The fourth-order valence-electron chi connectivity index (χ4n) is 3.36. The summed E-state index contributed by atoms with van der Waals surface area (Å²) in [6.45, 7) is 8.41. The molecular formula is C24H38N4O6. The van der Waals surface area contributed by atoms with Gasteiger partial charge in [0.1, 0.15) is 12.1 Å². The molecule has 1 aromatic carbocycles. The van der Waals surface area contributed by atoms with Gasteiger partial charge in [0.05, 0.1) is 12.1 Å². The smallest absolute Gasteiger partial charge is 0.328 e. The number of carboxylic acids is 1. The SMILES string of the molecule is CC(C)CC(NC(=O)C(N)Cc1ccccc1)C(=O)NC(C(=O)NC(C(=O)O)C(C)O)C(C)C. The van der Waals surface area contributed by atoms with Crippen molar-refractivity contribution in [2.24, 2.45) is 17.6 Å². The summed E-state index contributed by atoms with van der Waals surface area (Å²) in [6, 6.07) is 4.87. The second kappa shape index (κ2) is 13.7. The molecule has 0 aromatic heterocycles. The van der Waals surface area contributed by atoms with Gasteiger partial charge in [0.25, 0.3) is 0 Å². The van der Waals surface area contributed by atoms with E-state index in [1.54, 1.807) is 13.8 Å². The van der Waals surface area contributed by atoms with Crippen molar-refractivity contribution in [3.8, 4) is 0 Å². The van der Waals surface area contributed by atoms with Gasteiger partial charge in [-0.05, 0) is 37.2 Å². The number of carbonyl (C=O) groups excluding carboxylic acids is 3. The molecule has 1 rings (SSSR count). The summed E-state index contributed by atoms with van der Waals surface area (Å²) in [5, 5.41) is 26.4. The average molecular weight is 479 g/mol. The summed E-state index contributed by atoms with van der Waals surface area (Å²) in [5.74, 6) is -3.54. The van der Waals surface area contributed by atoms with Crippen LogP contribution in [0.2, 0.25) is 0 Å². The molecule has 0 heterocycles. The highest BCUT2D eigenvalue weighted by Crippen LogP contribution is 2.10. The summed E-state index contributed by atoms with van der Waals surface area (Å²) >= 11 is 0. The summed E-state index contributed by atoms with van der Waals surface area (Å²) in [5.41, 5.74) is 6.94. The molecule has 34 heavy (non-hydrogen) atoms. The summed E-state index contributed by atoms with van der Waals surface area (Å²) in [7, 11) is 0. The number of hydrogen-bond acceptors (Lipinski definition) is 6. The van der Waals surface area contributed by atoms with Gasteiger partial charge in [-0.25, -0.2) is 4.79 Å². The van der Waals surface area contributed by atoms with Gasteiger partial charge < -0.3 is 31.9 Å². The molecule has 1 aromatic rings. The van der Waals surface area contributed by atoms with Crippen LogP contribution >= 0.6 is 0 Å². The molecule has 0 spiro atoms. The van der Waals surface area contributed by atoms with E-state index in [0.717, 1.165) is 5.56 Å². The zero-order valence-electron chi connectivity index (χ0n) is 20.4. The molecule has 0 aliphatic heterocycles. The van der Waals surface area contributed by atoms with Crippen LogP contribution in [-0.2, 0) is 25.6 Å². The van der Waals surface area contributed by atoms with Crippen LogP contribution in [0, 0.1) is 11.8 Å². The van der Waals surface area contributed by atoms with Crippen molar-refractivity contribution in [1.82, 2.24) is 16.0 Å². The molecular weight excluding hydrogens is 440 g/mol. The average Bonchev–Trinajstić information content (AvgIpc) is 2.74. The topological polar surface area (TPSA) is 171 Å². The molecule has 5 atom stereocenters. The number of nitrogens with one attached hydrogen (secondary N) is 3. The third-order valence-electron chi connectivity index (χ3n) is 5.27. The Hall–Kier alpha value is -2.98. The van der Waals surface area contributed by atoms with Gasteiger partial charge in [-0.2, -0.15) is 0 Å². The predicted octanol–water partition coefficient (Wildman–Crippen LogP) is 0.178. The lowest BCUT2D eigenvalue weighted by atomic mass is 9.99. The quantitative estimate of drug-likeness (QED) is 0.235. The Labute approximate surface area is 200 Å². The van der Waals surface area contributed by atoms with E-state index in [2.05, 4.69) is 16.0 Å². The van der Waals surface area contributed by atoms with E-state index >= 15 is 0 Å². The monoisotopic (exact) mass is 478 g/mol. The van der Waals surface area contributed by atoms with Crippen molar-refractivity contribution in [1.29, 1.82) is 0 Å². The second-order valence-electron chi connectivity index (χ2n) is 9.28. The number of aliphatic hydroxyl groups is 1. The van der Waals surface area contributed by atoms with Crippen molar-refractivity contribution < 1.29 is 29.4 Å². The molecule has 5 unspecified atom stereocenters. The van der Waals surface area contributed by atoms with Crippen molar-refractivity contribution >= 4 is 23.7 Å². The highest BCUT2D eigenvalue weighted by molar-refractivity contribution is 5.94. The van der Waals surface area contributed by atoms with E-state index in [9.17, 15) is 29.4 Å². The van der Waals surface area contributed by atoms with Crippen molar-refractivity contribution in [3.63, 3.8) is 0 Å². The predicted molar refractivity (Wildman–Crippen MR) is 128 cm³/mol. The first kappa shape index (κ1) is 29.1. The number of carboxylic acid groups (broad SMARTS) is 1. The van der Waals surface area contributed by atoms with Crippen LogP contribution in [0.15, 0.2) is 30.3 Å². The van der Waals surface area contributed by atoms with Gasteiger partial charge in [0.2, 0.25) is 17.7 Å². The first-order valence-corrected chi connectivity index (χ1v) is 11.4. The van der Waals surface area contributed by atoms with Crippen LogP contribution in [0.4, 0.5) is 0 Å². The minimum absolute atomic E-state index is 0.0550. The maximum atomic E-state index is 13.1. The Balaban J connectivity index is 2.92. The lowest BCUT2D eigenvalue weighted by molar-refractivity contribution is -0.145. The summed E-state index contributed by atoms with van der Waals surface area (Å²) in [4.78, 5) is 49.8. The number of amides is 3. The number of carbonyl (C=O) groups is 4. The Kier molecular flexibility index (Phi) is 11.7. The molecule has 10 heteroatoms.